The number of aryl methyl sites for hydroxylation is 1. The molecule has 3 rings (SSSR count). The Morgan fingerprint density at radius 1 is 1.10 bits per heavy atom. The standard InChI is InChI=1S/C15H11ClFNO.C2H6/c1-8-2-5-12-11(6-8)14(17)15(18-12)10-4-3-9(16)7-13(10)19;1-2/h2-7,18-19H,1H3;1-2H3. The topological polar surface area (TPSA) is 36.0 Å². The molecular weight excluding hydrogens is 289 g/mol. The third-order valence-electron chi connectivity index (χ3n) is 3.12. The van der Waals surface area contributed by atoms with E-state index >= 15 is 0 Å². The number of aromatic hydroxyl groups is 1. The van der Waals surface area contributed by atoms with Crippen molar-refractivity contribution >= 4 is 22.5 Å². The lowest BCUT2D eigenvalue weighted by molar-refractivity contribution is 0.476. The number of phenolic OH excluding ortho intramolecular Hbond substituents is 1. The van der Waals surface area contributed by atoms with Crippen LogP contribution in [0, 0.1) is 12.7 Å². The van der Waals surface area contributed by atoms with Crippen LogP contribution < -0.4 is 0 Å². The summed E-state index contributed by atoms with van der Waals surface area (Å²) < 4.78 is 14.4. The van der Waals surface area contributed by atoms with Gasteiger partial charge in [-0.05, 0) is 37.3 Å². The van der Waals surface area contributed by atoms with Gasteiger partial charge in [-0.15, -0.1) is 0 Å². The van der Waals surface area contributed by atoms with Crippen LogP contribution in [0.4, 0.5) is 4.39 Å². The zero-order valence-electron chi connectivity index (χ0n) is 12.2. The smallest absolute Gasteiger partial charge is 0.156 e. The molecule has 0 spiro atoms. The molecule has 21 heavy (non-hydrogen) atoms. The second kappa shape index (κ2) is 6.19. The number of H-pyrrole nitrogens is 1. The van der Waals surface area contributed by atoms with Crippen molar-refractivity contribution in [1.29, 1.82) is 0 Å². The number of hydrogen-bond donors (Lipinski definition) is 2. The minimum atomic E-state index is -0.365. The van der Waals surface area contributed by atoms with Crippen LogP contribution in [0.3, 0.4) is 0 Å². The van der Waals surface area contributed by atoms with Crippen molar-refractivity contribution in [2.75, 3.05) is 0 Å². The predicted octanol–water partition coefficient (Wildman–Crippen LogP) is 5.67. The van der Waals surface area contributed by atoms with Crippen molar-refractivity contribution in [2.45, 2.75) is 20.8 Å². The van der Waals surface area contributed by atoms with Crippen LogP contribution in [-0.4, -0.2) is 10.1 Å². The lowest BCUT2D eigenvalue weighted by Gasteiger charge is -2.02. The molecule has 0 aliphatic carbocycles. The molecule has 0 bridgehead atoms. The molecule has 0 fully saturated rings. The molecule has 0 unspecified atom stereocenters. The fourth-order valence-corrected chi connectivity index (χ4v) is 2.34. The second-order valence-corrected chi connectivity index (χ2v) is 4.96. The summed E-state index contributed by atoms with van der Waals surface area (Å²) in [6.45, 7) is 5.91. The van der Waals surface area contributed by atoms with Crippen molar-refractivity contribution in [3.8, 4) is 17.0 Å². The number of phenols is 1. The summed E-state index contributed by atoms with van der Waals surface area (Å²) in [5, 5.41) is 10.8. The first kappa shape index (κ1) is 15.4. The highest BCUT2D eigenvalue weighted by Gasteiger charge is 2.15. The Hall–Kier alpha value is -2.00. The van der Waals surface area contributed by atoms with Crippen LogP contribution in [0.2, 0.25) is 5.02 Å². The second-order valence-electron chi connectivity index (χ2n) is 4.52. The zero-order valence-corrected chi connectivity index (χ0v) is 12.9. The number of halogens is 2. The van der Waals surface area contributed by atoms with E-state index in [9.17, 15) is 9.50 Å². The summed E-state index contributed by atoms with van der Waals surface area (Å²) in [5.74, 6) is -0.411. The fraction of sp³-hybridized carbons (Fsp3) is 0.176. The first-order valence-corrected chi connectivity index (χ1v) is 7.21. The summed E-state index contributed by atoms with van der Waals surface area (Å²) in [7, 11) is 0. The van der Waals surface area contributed by atoms with Crippen LogP contribution in [0.15, 0.2) is 36.4 Å². The van der Waals surface area contributed by atoms with E-state index in [2.05, 4.69) is 4.98 Å². The molecule has 110 valence electrons. The maximum Gasteiger partial charge on any atom is 0.156 e. The summed E-state index contributed by atoms with van der Waals surface area (Å²) in [6.07, 6.45) is 0. The quantitative estimate of drug-likeness (QED) is 0.597. The van der Waals surface area contributed by atoms with Crippen LogP contribution >= 0.6 is 11.6 Å². The molecule has 0 saturated heterocycles. The van der Waals surface area contributed by atoms with Gasteiger partial charge in [-0.1, -0.05) is 37.1 Å². The number of aromatic amines is 1. The van der Waals surface area contributed by atoms with Gasteiger partial charge in [0, 0.05) is 21.5 Å². The minimum absolute atomic E-state index is 0.0466. The molecule has 4 heteroatoms. The molecule has 0 saturated carbocycles. The lowest BCUT2D eigenvalue weighted by Crippen LogP contribution is -1.82. The molecule has 3 aromatic rings. The molecule has 0 amide bonds. The Morgan fingerprint density at radius 3 is 2.48 bits per heavy atom. The number of nitrogens with one attached hydrogen (secondary N) is 1. The molecule has 1 heterocycles. The average Bonchev–Trinajstić information content (AvgIpc) is 2.78. The van der Waals surface area contributed by atoms with Gasteiger partial charge in [0.05, 0.1) is 5.69 Å². The lowest BCUT2D eigenvalue weighted by atomic mass is 10.1. The van der Waals surface area contributed by atoms with Gasteiger partial charge in [-0.2, -0.15) is 0 Å². The molecule has 2 nitrogen and oxygen atoms in total. The van der Waals surface area contributed by atoms with Crippen molar-refractivity contribution < 1.29 is 9.50 Å². The number of fused-ring (bicyclic) bond motifs is 1. The Balaban J connectivity index is 0.000000774. The van der Waals surface area contributed by atoms with E-state index in [-0.39, 0.29) is 17.3 Å². The third-order valence-corrected chi connectivity index (χ3v) is 3.35. The molecular formula is C17H17ClFNO. The van der Waals surface area contributed by atoms with E-state index in [0.717, 1.165) is 5.56 Å². The van der Waals surface area contributed by atoms with Crippen LogP contribution in [0.25, 0.3) is 22.2 Å². The first-order chi connectivity index (χ1) is 10.1. The Bertz CT molecular complexity index is 780. The van der Waals surface area contributed by atoms with Gasteiger partial charge in [0.25, 0.3) is 0 Å². The minimum Gasteiger partial charge on any atom is -0.507 e. The van der Waals surface area contributed by atoms with Gasteiger partial charge < -0.3 is 10.1 Å². The van der Waals surface area contributed by atoms with Crippen LogP contribution in [-0.2, 0) is 0 Å². The molecule has 0 atom stereocenters. The van der Waals surface area contributed by atoms with Gasteiger partial charge in [-0.3, -0.25) is 0 Å². The zero-order chi connectivity index (χ0) is 15.6. The number of rotatable bonds is 1. The van der Waals surface area contributed by atoms with Crippen molar-refractivity contribution in [3.05, 3.63) is 52.8 Å². The first-order valence-electron chi connectivity index (χ1n) is 6.83. The van der Waals surface area contributed by atoms with Crippen molar-refractivity contribution in [2.24, 2.45) is 0 Å². The molecule has 0 radical (unpaired) electrons. The van der Waals surface area contributed by atoms with Gasteiger partial charge >= 0.3 is 0 Å². The highest BCUT2D eigenvalue weighted by molar-refractivity contribution is 6.30. The van der Waals surface area contributed by atoms with Crippen LogP contribution in [0.5, 0.6) is 5.75 Å². The summed E-state index contributed by atoms with van der Waals surface area (Å²) in [4.78, 5) is 2.99. The van der Waals surface area contributed by atoms with Gasteiger partial charge in [0.2, 0.25) is 0 Å². The average molecular weight is 306 g/mol. The number of benzene rings is 2. The van der Waals surface area contributed by atoms with Crippen LogP contribution in [0.1, 0.15) is 19.4 Å². The normalized spacial score (nSPS) is 10.3. The number of aromatic nitrogens is 1. The van der Waals surface area contributed by atoms with Crippen molar-refractivity contribution in [1.82, 2.24) is 4.98 Å². The van der Waals surface area contributed by atoms with Gasteiger partial charge in [0.15, 0.2) is 5.82 Å². The Morgan fingerprint density at radius 2 is 1.81 bits per heavy atom. The molecule has 2 aromatic carbocycles. The monoisotopic (exact) mass is 305 g/mol. The molecule has 1 aromatic heterocycles. The highest BCUT2D eigenvalue weighted by Crippen LogP contribution is 2.35. The largest absolute Gasteiger partial charge is 0.507 e. The number of hydrogen-bond acceptors (Lipinski definition) is 1. The summed E-state index contributed by atoms with van der Waals surface area (Å²) in [6, 6.07) is 10.1. The molecule has 2 N–H and O–H groups in total. The fourth-order valence-electron chi connectivity index (χ4n) is 2.17. The predicted molar refractivity (Wildman–Crippen MR) is 86.5 cm³/mol. The van der Waals surface area contributed by atoms with E-state index in [1.54, 1.807) is 18.2 Å². The summed E-state index contributed by atoms with van der Waals surface area (Å²) >= 11 is 5.78. The maximum atomic E-state index is 14.4. The van der Waals surface area contributed by atoms with Gasteiger partial charge in [-0.25, -0.2) is 4.39 Å². The van der Waals surface area contributed by atoms with E-state index in [4.69, 9.17) is 11.6 Å². The molecule has 0 aliphatic rings. The van der Waals surface area contributed by atoms with E-state index in [1.807, 2.05) is 32.9 Å². The Kier molecular flexibility index (Phi) is 4.53. The maximum absolute atomic E-state index is 14.4. The molecule has 0 aliphatic heterocycles. The summed E-state index contributed by atoms with van der Waals surface area (Å²) in [5.41, 5.74) is 2.36. The SMILES string of the molecule is CC.Cc1ccc2[nH]c(-c3ccc(Cl)cc3O)c(F)c2c1. The third kappa shape index (κ3) is 2.88. The van der Waals surface area contributed by atoms with E-state index in [1.165, 1.54) is 6.07 Å². The van der Waals surface area contributed by atoms with Gasteiger partial charge in [0.1, 0.15) is 5.75 Å². The highest BCUT2D eigenvalue weighted by atomic mass is 35.5. The van der Waals surface area contributed by atoms with Crippen molar-refractivity contribution in [3.63, 3.8) is 0 Å². The van der Waals surface area contributed by atoms with E-state index < -0.39 is 0 Å². The van der Waals surface area contributed by atoms with E-state index in [0.29, 0.717) is 21.5 Å². The Labute approximate surface area is 128 Å².